The summed E-state index contributed by atoms with van der Waals surface area (Å²) in [5.74, 6) is 0.145. The molecule has 2 nitrogen and oxygen atoms in total. The Morgan fingerprint density at radius 1 is 1.24 bits per heavy atom. The van der Waals surface area contributed by atoms with Crippen molar-refractivity contribution in [3.05, 3.63) is 25.3 Å². The molecule has 0 fully saturated rings. The van der Waals surface area contributed by atoms with Crippen molar-refractivity contribution in [1.29, 1.82) is 0 Å². The van der Waals surface area contributed by atoms with Gasteiger partial charge in [-0.2, -0.15) is 0 Å². The molecule has 2 atom stereocenters. The molecule has 0 spiro atoms. The molecule has 0 bridgehead atoms. The molecule has 100 valence electrons. The molecule has 0 unspecified atom stereocenters. The van der Waals surface area contributed by atoms with Crippen molar-refractivity contribution >= 4 is 8.32 Å². The van der Waals surface area contributed by atoms with Gasteiger partial charge in [-0.05, 0) is 24.6 Å². The number of hydrogen-bond donors (Lipinski definition) is 1. The quantitative estimate of drug-likeness (QED) is 0.555. The SMILES string of the molecule is C=C[C@H](CCO)[C@H](C=C)O[Si](C)(C)C(C)(C)C. The van der Waals surface area contributed by atoms with Crippen LogP contribution in [0.4, 0.5) is 0 Å². The Labute approximate surface area is 108 Å². The lowest BCUT2D eigenvalue weighted by Crippen LogP contribution is -2.45. The molecule has 3 heteroatoms. The predicted octanol–water partition coefficient (Wildman–Crippen LogP) is 3.75. The molecule has 0 amide bonds. The molecular formula is C14H28O2Si. The summed E-state index contributed by atoms with van der Waals surface area (Å²) in [6.07, 6.45) is 4.33. The van der Waals surface area contributed by atoms with Crippen LogP contribution in [-0.4, -0.2) is 26.1 Å². The number of hydrogen-bond acceptors (Lipinski definition) is 2. The van der Waals surface area contributed by atoms with Crippen LogP contribution in [0.15, 0.2) is 25.3 Å². The molecule has 1 N–H and O–H groups in total. The van der Waals surface area contributed by atoms with Crippen LogP contribution in [0.1, 0.15) is 27.2 Å². The topological polar surface area (TPSA) is 29.5 Å². The van der Waals surface area contributed by atoms with Crippen LogP contribution < -0.4 is 0 Å². The van der Waals surface area contributed by atoms with E-state index in [9.17, 15) is 0 Å². The highest BCUT2D eigenvalue weighted by molar-refractivity contribution is 6.74. The van der Waals surface area contributed by atoms with Crippen molar-refractivity contribution in [2.75, 3.05) is 6.61 Å². The lowest BCUT2D eigenvalue weighted by Gasteiger charge is -2.40. The summed E-state index contributed by atoms with van der Waals surface area (Å²) >= 11 is 0. The third-order valence-corrected chi connectivity index (χ3v) is 8.13. The first-order valence-electron chi connectivity index (χ1n) is 6.23. The number of rotatable bonds is 7. The van der Waals surface area contributed by atoms with E-state index in [4.69, 9.17) is 9.53 Å². The maximum absolute atomic E-state index is 9.04. The molecule has 0 saturated carbocycles. The van der Waals surface area contributed by atoms with E-state index in [-0.39, 0.29) is 23.7 Å². The molecule has 17 heavy (non-hydrogen) atoms. The van der Waals surface area contributed by atoms with E-state index >= 15 is 0 Å². The molecule has 0 aliphatic rings. The Morgan fingerprint density at radius 3 is 2.06 bits per heavy atom. The zero-order valence-corrected chi connectivity index (χ0v) is 13.0. The van der Waals surface area contributed by atoms with Crippen LogP contribution >= 0.6 is 0 Å². The Morgan fingerprint density at radius 2 is 1.76 bits per heavy atom. The Balaban J connectivity index is 4.80. The summed E-state index contributed by atoms with van der Waals surface area (Å²) in [7, 11) is -1.80. The monoisotopic (exact) mass is 256 g/mol. The fraction of sp³-hybridized carbons (Fsp3) is 0.714. The second-order valence-electron chi connectivity index (χ2n) is 5.99. The van der Waals surface area contributed by atoms with E-state index in [1.54, 1.807) is 0 Å². The lowest BCUT2D eigenvalue weighted by molar-refractivity contribution is 0.158. The summed E-state index contributed by atoms with van der Waals surface area (Å²) in [5.41, 5.74) is 0. The summed E-state index contributed by atoms with van der Waals surface area (Å²) in [4.78, 5) is 0. The molecule has 0 aromatic carbocycles. The van der Waals surface area contributed by atoms with Crippen LogP contribution in [0.3, 0.4) is 0 Å². The first-order chi connectivity index (χ1) is 7.69. The standard InChI is InChI=1S/C14H28O2Si/c1-8-12(10-11-15)13(9-2)16-17(6,7)14(3,4)5/h8-9,12-13,15H,1-2,10-11H2,3-7H3/t12-,13+/m1/s1. The summed E-state index contributed by atoms with van der Waals surface area (Å²) in [5, 5.41) is 9.22. The molecule has 0 radical (unpaired) electrons. The Bertz CT molecular complexity index is 253. The van der Waals surface area contributed by atoms with Crippen molar-refractivity contribution in [3.8, 4) is 0 Å². The molecular weight excluding hydrogens is 228 g/mol. The van der Waals surface area contributed by atoms with Gasteiger partial charge >= 0.3 is 0 Å². The lowest BCUT2D eigenvalue weighted by atomic mass is 9.99. The van der Waals surface area contributed by atoms with Gasteiger partial charge in [-0.25, -0.2) is 0 Å². The minimum Gasteiger partial charge on any atom is -0.410 e. The maximum Gasteiger partial charge on any atom is 0.192 e. The van der Waals surface area contributed by atoms with Gasteiger partial charge in [0.2, 0.25) is 0 Å². The van der Waals surface area contributed by atoms with Gasteiger partial charge in [0, 0.05) is 12.5 Å². The van der Waals surface area contributed by atoms with Gasteiger partial charge in [0.25, 0.3) is 0 Å². The van der Waals surface area contributed by atoms with E-state index in [1.165, 1.54) is 0 Å². The third-order valence-electron chi connectivity index (χ3n) is 3.66. The zero-order chi connectivity index (χ0) is 13.7. The first kappa shape index (κ1) is 16.6. The van der Waals surface area contributed by atoms with Gasteiger partial charge in [-0.3, -0.25) is 0 Å². The van der Waals surface area contributed by atoms with Crippen LogP contribution in [0.25, 0.3) is 0 Å². The number of aliphatic hydroxyl groups excluding tert-OH is 1. The highest BCUT2D eigenvalue weighted by Crippen LogP contribution is 2.38. The minimum atomic E-state index is -1.80. The average Bonchev–Trinajstić information content (AvgIpc) is 2.21. The highest BCUT2D eigenvalue weighted by atomic mass is 28.4. The Hall–Kier alpha value is -0.383. The van der Waals surface area contributed by atoms with E-state index < -0.39 is 8.32 Å². The molecule has 0 aromatic rings. The van der Waals surface area contributed by atoms with E-state index in [1.807, 2.05) is 12.2 Å². The van der Waals surface area contributed by atoms with E-state index in [0.29, 0.717) is 6.42 Å². The van der Waals surface area contributed by atoms with E-state index in [0.717, 1.165) is 0 Å². The van der Waals surface area contributed by atoms with Crippen molar-refractivity contribution in [1.82, 2.24) is 0 Å². The van der Waals surface area contributed by atoms with Gasteiger partial charge in [0.05, 0.1) is 6.10 Å². The third kappa shape index (κ3) is 4.78. The predicted molar refractivity (Wildman–Crippen MR) is 77.7 cm³/mol. The van der Waals surface area contributed by atoms with Crippen LogP contribution in [0, 0.1) is 5.92 Å². The smallest absolute Gasteiger partial charge is 0.192 e. The van der Waals surface area contributed by atoms with Gasteiger partial charge in [0.15, 0.2) is 8.32 Å². The van der Waals surface area contributed by atoms with Crippen molar-refractivity contribution in [2.24, 2.45) is 5.92 Å². The second kappa shape index (κ2) is 6.52. The van der Waals surface area contributed by atoms with E-state index in [2.05, 4.69) is 47.0 Å². The van der Waals surface area contributed by atoms with Crippen LogP contribution in [-0.2, 0) is 4.43 Å². The minimum absolute atomic E-state index is 0.0412. The van der Waals surface area contributed by atoms with Crippen LogP contribution in [0.2, 0.25) is 18.1 Å². The largest absolute Gasteiger partial charge is 0.410 e. The summed E-state index contributed by atoms with van der Waals surface area (Å²) < 4.78 is 6.30. The molecule has 0 saturated heterocycles. The molecule has 0 rings (SSSR count). The van der Waals surface area contributed by atoms with Crippen LogP contribution in [0.5, 0.6) is 0 Å². The van der Waals surface area contributed by atoms with Gasteiger partial charge < -0.3 is 9.53 Å². The fourth-order valence-corrected chi connectivity index (χ4v) is 2.70. The first-order valence-corrected chi connectivity index (χ1v) is 9.14. The summed E-state index contributed by atoms with van der Waals surface area (Å²) in [6, 6.07) is 0. The average molecular weight is 256 g/mol. The van der Waals surface area contributed by atoms with Gasteiger partial charge in [-0.1, -0.05) is 32.9 Å². The summed E-state index contributed by atoms with van der Waals surface area (Å²) in [6.45, 7) is 18.9. The van der Waals surface area contributed by atoms with Gasteiger partial charge in [-0.15, -0.1) is 13.2 Å². The molecule has 0 aliphatic heterocycles. The second-order valence-corrected chi connectivity index (χ2v) is 10.7. The molecule has 0 heterocycles. The molecule has 0 aromatic heterocycles. The maximum atomic E-state index is 9.04. The fourth-order valence-electron chi connectivity index (χ4n) is 1.39. The molecule has 0 aliphatic carbocycles. The van der Waals surface area contributed by atoms with Crippen molar-refractivity contribution in [2.45, 2.75) is 51.4 Å². The van der Waals surface area contributed by atoms with Crippen molar-refractivity contribution in [3.63, 3.8) is 0 Å². The van der Waals surface area contributed by atoms with Crippen molar-refractivity contribution < 1.29 is 9.53 Å². The zero-order valence-electron chi connectivity index (χ0n) is 12.0. The van der Waals surface area contributed by atoms with Gasteiger partial charge in [0.1, 0.15) is 0 Å². The Kier molecular flexibility index (Phi) is 6.38. The normalized spacial score (nSPS) is 16.4. The highest BCUT2D eigenvalue weighted by Gasteiger charge is 2.39. The number of aliphatic hydroxyl groups is 1.